The van der Waals surface area contributed by atoms with Crippen LogP contribution in [0, 0.1) is 13.8 Å². The molecular weight excluding hydrogens is 210 g/mol. The van der Waals surface area contributed by atoms with E-state index in [0.29, 0.717) is 0 Å². The van der Waals surface area contributed by atoms with E-state index in [1.807, 2.05) is 0 Å². The number of benzene rings is 1. The Morgan fingerprint density at radius 1 is 1.29 bits per heavy atom. The first-order chi connectivity index (χ1) is 7.90. The SMILES string of the molecule is Cc1ccc(N2CC(O)CCC2(C)C)c(C)c1. The maximum Gasteiger partial charge on any atom is 0.0716 e. The Bertz CT molecular complexity index is 411. The minimum absolute atomic E-state index is 0.138. The van der Waals surface area contributed by atoms with E-state index in [1.54, 1.807) is 0 Å². The molecule has 0 bridgehead atoms. The number of aliphatic hydroxyl groups is 1. The van der Waals surface area contributed by atoms with Crippen LogP contribution in [0.4, 0.5) is 5.69 Å². The van der Waals surface area contributed by atoms with Crippen molar-refractivity contribution in [3.63, 3.8) is 0 Å². The second-order valence-corrected chi connectivity index (χ2v) is 5.91. The van der Waals surface area contributed by atoms with E-state index in [2.05, 4.69) is 50.8 Å². The number of rotatable bonds is 1. The average molecular weight is 233 g/mol. The van der Waals surface area contributed by atoms with E-state index < -0.39 is 0 Å². The van der Waals surface area contributed by atoms with Gasteiger partial charge >= 0.3 is 0 Å². The van der Waals surface area contributed by atoms with Gasteiger partial charge in [0, 0.05) is 17.8 Å². The third-order valence-corrected chi connectivity index (χ3v) is 3.86. The van der Waals surface area contributed by atoms with Gasteiger partial charge in [-0.05, 0) is 52.2 Å². The molecular formula is C15H23NO. The fourth-order valence-corrected chi connectivity index (χ4v) is 2.74. The number of β-amino-alcohol motifs (C(OH)–C–C–N with tert-alkyl or cyclic N) is 1. The van der Waals surface area contributed by atoms with Crippen molar-refractivity contribution in [1.82, 2.24) is 0 Å². The molecule has 2 nitrogen and oxygen atoms in total. The first kappa shape index (κ1) is 12.4. The average Bonchev–Trinajstić information content (AvgIpc) is 2.23. The summed E-state index contributed by atoms with van der Waals surface area (Å²) in [6.45, 7) is 9.54. The Morgan fingerprint density at radius 3 is 2.65 bits per heavy atom. The van der Waals surface area contributed by atoms with E-state index >= 15 is 0 Å². The van der Waals surface area contributed by atoms with Crippen molar-refractivity contribution in [1.29, 1.82) is 0 Å². The third kappa shape index (κ3) is 2.47. The molecule has 1 N–H and O–H groups in total. The molecule has 17 heavy (non-hydrogen) atoms. The van der Waals surface area contributed by atoms with Crippen LogP contribution in [0.15, 0.2) is 18.2 Å². The number of aryl methyl sites for hydroxylation is 2. The summed E-state index contributed by atoms with van der Waals surface area (Å²) in [6.07, 6.45) is 1.76. The number of hydrogen-bond donors (Lipinski definition) is 1. The summed E-state index contributed by atoms with van der Waals surface area (Å²) in [6, 6.07) is 6.55. The molecule has 0 aromatic heterocycles. The van der Waals surface area contributed by atoms with Gasteiger partial charge in [-0.15, -0.1) is 0 Å². The Labute approximate surface area is 104 Å². The van der Waals surface area contributed by atoms with Gasteiger partial charge in [-0.25, -0.2) is 0 Å². The van der Waals surface area contributed by atoms with Gasteiger partial charge in [0.1, 0.15) is 0 Å². The lowest BCUT2D eigenvalue weighted by molar-refractivity contribution is 0.126. The lowest BCUT2D eigenvalue weighted by atomic mass is 9.88. The minimum Gasteiger partial charge on any atom is -0.391 e. The van der Waals surface area contributed by atoms with Crippen LogP contribution < -0.4 is 4.90 Å². The van der Waals surface area contributed by atoms with Crippen LogP contribution >= 0.6 is 0 Å². The topological polar surface area (TPSA) is 23.5 Å². The smallest absolute Gasteiger partial charge is 0.0716 e. The Hall–Kier alpha value is -1.02. The van der Waals surface area contributed by atoms with E-state index in [4.69, 9.17) is 0 Å². The lowest BCUT2D eigenvalue weighted by Crippen LogP contribution is -2.52. The molecule has 94 valence electrons. The zero-order valence-electron chi connectivity index (χ0n) is 11.3. The maximum absolute atomic E-state index is 9.88. The molecule has 1 fully saturated rings. The molecule has 1 aliphatic rings. The number of aliphatic hydroxyl groups excluding tert-OH is 1. The highest BCUT2D eigenvalue weighted by Gasteiger charge is 2.34. The van der Waals surface area contributed by atoms with Crippen LogP contribution in [0.1, 0.15) is 37.8 Å². The minimum atomic E-state index is -0.191. The monoisotopic (exact) mass is 233 g/mol. The van der Waals surface area contributed by atoms with Crippen LogP contribution in [-0.2, 0) is 0 Å². The summed E-state index contributed by atoms with van der Waals surface area (Å²) in [4.78, 5) is 2.36. The van der Waals surface area contributed by atoms with Crippen LogP contribution in [0.3, 0.4) is 0 Å². The van der Waals surface area contributed by atoms with Crippen molar-refractivity contribution in [2.75, 3.05) is 11.4 Å². The fourth-order valence-electron chi connectivity index (χ4n) is 2.74. The van der Waals surface area contributed by atoms with Crippen molar-refractivity contribution < 1.29 is 5.11 Å². The Morgan fingerprint density at radius 2 is 2.00 bits per heavy atom. The van der Waals surface area contributed by atoms with Crippen molar-refractivity contribution >= 4 is 5.69 Å². The van der Waals surface area contributed by atoms with Gasteiger partial charge in [0.05, 0.1) is 6.10 Å². The quantitative estimate of drug-likeness (QED) is 0.806. The highest BCUT2D eigenvalue weighted by atomic mass is 16.3. The molecule has 0 radical (unpaired) electrons. The standard InChI is InChI=1S/C15H23NO/c1-11-5-6-14(12(2)9-11)16-10-13(17)7-8-15(16,3)4/h5-6,9,13,17H,7-8,10H2,1-4H3. The summed E-state index contributed by atoms with van der Waals surface area (Å²) in [5.74, 6) is 0. The van der Waals surface area contributed by atoms with Crippen LogP contribution in [0.25, 0.3) is 0 Å². The van der Waals surface area contributed by atoms with Gasteiger partial charge in [0.2, 0.25) is 0 Å². The van der Waals surface area contributed by atoms with Crippen molar-refractivity contribution in [3.8, 4) is 0 Å². The van der Waals surface area contributed by atoms with Gasteiger partial charge in [0.15, 0.2) is 0 Å². The Kier molecular flexibility index (Phi) is 3.17. The van der Waals surface area contributed by atoms with E-state index in [-0.39, 0.29) is 11.6 Å². The molecule has 1 heterocycles. The van der Waals surface area contributed by atoms with E-state index in [0.717, 1.165) is 19.4 Å². The largest absolute Gasteiger partial charge is 0.391 e. The lowest BCUT2D eigenvalue weighted by Gasteiger charge is -2.46. The Balaban J connectivity index is 2.36. The summed E-state index contributed by atoms with van der Waals surface area (Å²) in [5, 5.41) is 9.88. The molecule has 0 spiro atoms. The zero-order chi connectivity index (χ0) is 12.6. The summed E-state index contributed by atoms with van der Waals surface area (Å²) in [5.41, 5.74) is 3.99. The van der Waals surface area contributed by atoms with Crippen molar-refractivity contribution in [3.05, 3.63) is 29.3 Å². The molecule has 2 rings (SSSR count). The normalized spacial score (nSPS) is 23.8. The molecule has 0 amide bonds. The number of anilines is 1. The van der Waals surface area contributed by atoms with Crippen LogP contribution in [-0.4, -0.2) is 23.3 Å². The predicted octanol–water partition coefficient (Wildman–Crippen LogP) is 3.04. The predicted molar refractivity (Wildman–Crippen MR) is 72.6 cm³/mol. The first-order valence-electron chi connectivity index (χ1n) is 6.43. The first-order valence-corrected chi connectivity index (χ1v) is 6.43. The highest BCUT2D eigenvalue weighted by Crippen LogP contribution is 2.34. The third-order valence-electron chi connectivity index (χ3n) is 3.86. The van der Waals surface area contributed by atoms with Gasteiger partial charge in [-0.2, -0.15) is 0 Å². The van der Waals surface area contributed by atoms with Gasteiger partial charge < -0.3 is 10.0 Å². The molecule has 0 saturated carbocycles. The molecule has 0 aliphatic carbocycles. The molecule has 2 heteroatoms. The second kappa shape index (κ2) is 4.34. The number of hydrogen-bond acceptors (Lipinski definition) is 2. The van der Waals surface area contributed by atoms with E-state index in [1.165, 1.54) is 16.8 Å². The van der Waals surface area contributed by atoms with Crippen LogP contribution in [0.5, 0.6) is 0 Å². The van der Waals surface area contributed by atoms with Gasteiger partial charge in [-0.3, -0.25) is 0 Å². The van der Waals surface area contributed by atoms with Gasteiger partial charge in [-0.1, -0.05) is 17.7 Å². The number of nitrogens with zero attached hydrogens (tertiary/aromatic N) is 1. The zero-order valence-corrected chi connectivity index (χ0v) is 11.3. The molecule has 1 aromatic rings. The number of piperidine rings is 1. The van der Waals surface area contributed by atoms with Crippen LogP contribution in [0.2, 0.25) is 0 Å². The fraction of sp³-hybridized carbons (Fsp3) is 0.600. The summed E-state index contributed by atoms with van der Waals surface area (Å²) < 4.78 is 0. The van der Waals surface area contributed by atoms with Crippen molar-refractivity contribution in [2.24, 2.45) is 0 Å². The van der Waals surface area contributed by atoms with E-state index in [9.17, 15) is 5.11 Å². The summed E-state index contributed by atoms with van der Waals surface area (Å²) in [7, 11) is 0. The highest BCUT2D eigenvalue weighted by molar-refractivity contribution is 5.56. The maximum atomic E-state index is 9.88. The molecule has 1 aromatic carbocycles. The van der Waals surface area contributed by atoms with Gasteiger partial charge in [0.25, 0.3) is 0 Å². The molecule has 1 atom stereocenters. The molecule has 1 aliphatic heterocycles. The van der Waals surface area contributed by atoms with Crippen molar-refractivity contribution in [2.45, 2.75) is 52.2 Å². The molecule has 1 saturated heterocycles. The molecule has 1 unspecified atom stereocenters. The summed E-state index contributed by atoms with van der Waals surface area (Å²) >= 11 is 0. The second-order valence-electron chi connectivity index (χ2n) is 5.91.